The molecule has 1 aromatic carbocycles. The quantitative estimate of drug-likeness (QED) is 0.611. The summed E-state index contributed by atoms with van der Waals surface area (Å²) in [5.41, 5.74) is 3.84. The van der Waals surface area contributed by atoms with Crippen LogP contribution in [-0.4, -0.2) is 5.88 Å². The molecule has 0 aliphatic heterocycles. The van der Waals surface area contributed by atoms with Crippen LogP contribution in [0.4, 0.5) is 0 Å². The lowest BCUT2D eigenvalue weighted by molar-refractivity contribution is 1.37. The van der Waals surface area contributed by atoms with E-state index in [9.17, 15) is 0 Å². The zero-order valence-electron chi connectivity index (χ0n) is 7.47. The smallest absolute Gasteiger partial charge is 0.0407 e. The van der Waals surface area contributed by atoms with E-state index in [1.807, 2.05) is 6.08 Å². The Morgan fingerprint density at radius 3 is 2.75 bits per heavy atom. The van der Waals surface area contributed by atoms with Gasteiger partial charge in [-0.25, -0.2) is 0 Å². The van der Waals surface area contributed by atoms with Crippen LogP contribution in [0.2, 0.25) is 0 Å². The summed E-state index contributed by atoms with van der Waals surface area (Å²) >= 11 is 5.56. The fourth-order valence-electron chi connectivity index (χ4n) is 1.11. The van der Waals surface area contributed by atoms with Crippen molar-refractivity contribution < 1.29 is 0 Å². The first-order valence-corrected chi connectivity index (χ1v) is 4.57. The van der Waals surface area contributed by atoms with Gasteiger partial charge in [-0.3, -0.25) is 0 Å². The summed E-state index contributed by atoms with van der Waals surface area (Å²) in [5, 5.41) is 0. The zero-order chi connectivity index (χ0) is 8.97. The normalized spacial score (nSPS) is 10.9. The van der Waals surface area contributed by atoms with Crippen molar-refractivity contribution in [1.29, 1.82) is 0 Å². The molecule has 0 aromatic heterocycles. The lowest BCUT2D eigenvalue weighted by atomic mass is 10.1. The molecular formula is C11H13Cl. The summed E-state index contributed by atoms with van der Waals surface area (Å²) in [5.74, 6) is 0.577. The summed E-state index contributed by atoms with van der Waals surface area (Å²) in [6.07, 6.45) is 4.03. The average molecular weight is 181 g/mol. The first kappa shape index (κ1) is 9.34. The molecule has 1 aromatic rings. The highest BCUT2D eigenvalue weighted by atomic mass is 35.5. The van der Waals surface area contributed by atoms with Gasteiger partial charge in [0.2, 0.25) is 0 Å². The van der Waals surface area contributed by atoms with Gasteiger partial charge in [0.1, 0.15) is 0 Å². The summed E-state index contributed by atoms with van der Waals surface area (Å²) < 4.78 is 0. The molecule has 0 aliphatic rings. The van der Waals surface area contributed by atoms with Gasteiger partial charge in [0.05, 0.1) is 0 Å². The summed E-state index contributed by atoms with van der Waals surface area (Å²) in [6.45, 7) is 4.20. The van der Waals surface area contributed by atoms with E-state index >= 15 is 0 Å². The van der Waals surface area contributed by atoms with Crippen molar-refractivity contribution >= 4 is 17.7 Å². The molecule has 0 saturated heterocycles. The lowest BCUT2D eigenvalue weighted by Crippen LogP contribution is -1.81. The van der Waals surface area contributed by atoms with Gasteiger partial charge < -0.3 is 0 Å². The second-order valence-electron chi connectivity index (χ2n) is 2.92. The highest BCUT2D eigenvalue weighted by Crippen LogP contribution is 2.12. The van der Waals surface area contributed by atoms with E-state index in [1.54, 1.807) is 0 Å². The molecule has 64 valence electrons. The summed E-state index contributed by atoms with van der Waals surface area (Å²) in [6, 6.07) is 6.41. The molecule has 0 radical (unpaired) electrons. The largest absolute Gasteiger partial charge is 0.122 e. The summed E-state index contributed by atoms with van der Waals surface area (Å²) in [4.78, 5) is 0. The van der Waals surface area contributed by atoms with Crippen LogP contribution < -0.4 is 0 Å². The van der Waals surface area contributed by atoms with Crippen LogP contribution in [-0.2, 0) is 0 Å². The average Bonchev–Trinajstić information content (AvgIpc) is 2.07. The Bertz CT molecular complexity index is 287. The second kappa shape index (κ2) is 4.32. The van der Waals surface area contributed by atoms with Crippen molar-refractivity contribution in [3.8, 4) is 0 Å². The van der Waals surface area contributed by atoms with Gasteiger partial charge in [-0.15, -0.1) is 11.6 Å². The van der Waals surface area contributed by atoms with E-state index < -0.39 is 0 Å². The van der Waals surface area contributed by atoms with Gasteiger partial charge >= 0.3 is 0 Å². The predicted molar refractivity (Wildman–Crippen MR) is 55.7 cm³/mol. The van der Waals surface area contributed by atoms with Crippen molar-refractivity contribution in [1.82, 2.24) is 0 Å². The van der Waals surface area contributed by atoms with Gasteiger partial charge in [0, 0.05) is 5.88 Å². The molecule has 0 unspecified atom stereocenters. The minimum atomic E-state index is 0.577. The third-order valence-corrected chi connectivity index (χ3v) is 2.00. The Hall–Kier alpha value is -0.750. The van der Waals surface area contributed by atoms with E-state index in [4.69, 9.17) is 11.6 Å². The molecule has 0 amide bonds. The SMILES string of the molecule is Cc1ccc(C)c(C=CCCl)c1. The molecule has 12 heavy (non-hydrogen) atoms. The molecule has 1 rings (SSSR count). The minimum Gasteiger partial charge on any atom is -0.122 e. The number of hydrogen-bond donors (Lipinski definition) is 0. The fourth-order valence-corrected chi connectivity index (χ4v) is 1.20. The molecule has 0 heterocycles. The molecule has 0 bridgehead atoms. The Labute approximate surface area is 78.9 Å². The standard InChI is InChI=1S/C11H13Cl/c1-9-5-6-10(2)11(8-9)4-3-7-12/h3-6,8H,7H2,1-2H3. The molecule has 0 nitrogen and oxygen atoms in total. The van der Waals surface area contributed by atoms with Gasteiger partial charge in [0.15, 0.2) is 0 Å². The second-order valence-corrected chi connectivity index (χ2v) is 3.23. The molecule has 0 saturated carbocycles. The van der Waals surface area contributed by atoms with Gasteiger partial charge in [-0.1, -0.05) is 35.9 Å². The number of hydrogen-bond acceptors (Lipinski definition) is 0. The lowest BCUT2D eigenvalue weighted by Gasteiger charge is -2.00. The van der Waals surface area contributed by atoms with Gasteiger partial charge in [-0.2, -0.15) is 0 Å². The van der Waals surface area contributed by atoms with Crippen LogP contribution in [0.25, 0.3) is 6.08 Å². The predicted octanol–water partition coefficient (Wildman–Crippen LogP) is 3.56. The van der Waals surface area contributed by atoms with Crippen molar-refractivity contribution in [3.05, 3.63) is 41.0 Å². The van der Waals surface area contributed by atoms with E-state index in [0.29, 0.717) is 5.88 Å². The Balaban J connectivity index is 2.97. The van der Waals surface area contributed by atoms with Crippen LogP contribution in [0, 0.1) is 13.8 Å². The molecule has 1 heteroatoms. The Morgan fingerprint density at radius 2 is 2.08 bits per heavy atom. The Kier molecular flexibility index (Phi) is 3.36. The maximum atomic E-state index is 5.56. The third kappa shape index (κ3) is 2.38. The molecule has 0 fully saturated rings. The number of rotatable bonds is 2. The van der Waals surface area contributed by atoms with Gasteiger partial charge in [0.25, 0.3) is 0 Å². The third-order valence-electron chi connectivity index (χ3n) is 1.82. The van der Waals surface area contributed by atoms with E-state index in [-0.39, 0.29) is 0 Å². The Morgan fingerprint density at radius 1 is 1.33 bits per heavy atom. The fraction of sp³-hybridized carbons (Fsp3) is 0.273. The number of allylic oxidation sites excluding steroid dienone is 1. The van der Waals surface area contributed by atoms with Crippen LogP contribution in [0.1, 0.15) is 16.7 Å². The van der Waals surface area contributed by atoms with Crippen LogP contribution in [0.15, 0.2) is 24.3 Å². The van der Waals surface area contributed by atoms with Crippen molar-refractivity contribution in [2.24, 2.45) is 0 Å². The number of alkyl halides is 1. The van der Waals surface area contributed by atoms with Crippen molar-refractivity contribution in [3.63, 3.8) is 0 Å². The maximum Gasteiger partial charge on any atom is 0.0407 e. The number of halogens is 1. The van der Waals surface area contributed by atoms with Crippen molar-refractivity contribution in [2.75, 3.05) is 5.88 Å². The van der Waals surface area contributed by atoms with Crippen molar-refractivity contribution in [2.45, 2.75) is 13.8 Å². The highest BCUT2D eigenvalue weighted by molar-refractivity contribution is 6.19. The minimum absolute atomic E-state index is 0.577. The first-order valence-electron chi connectivity index (χ1n) is 4.04. The van der Waals surface area contributed by atoms with E-state index in [1.165, 1.54) is 16.7 Å². The molecule has 0 spiro atoms. The molecular weight excluding hydrogens is 168 g/mol. The zero-order valence-corrected chi connectivity index (χ0v) is 8.23. The molecule has 0 aliphatic carbocycles. The molecule has 0 N–H and O–H groups in total. The van der Waals surface area contributed by atoms with Crippen LogP contribution >= 0.6 is 11.6 Å². The van der Waals surface area contributed by atoms with Gasteiger partial charge in [-0.05, 0) is 25.0 Å². The maximum absolute atomic E-state index is 5.56. The van der Waals surface area contributed by atoms with E-state index in [2.05, 4.69) is 38.1 Å². The molecule has 0 atom stereocenters. The monoisotopic (exact) mass is 180 g/mol. The first-order chi connectivity index (χ1) is 5.74. The van der Waals surface area contributed by atoms with Crippen LogP contribution in [0.3, 0.4) is 0 Å². The number of aryl methyl sites for hydroxylation is 2. The highest BCUT2D eigenvalue weighted by Gasteiger charge is 1.92. The topological polar surface area (TPSA) is 0 Å². The summed E-state index contributed by atoms with van der Waals surface area (Å²) in [7, 11) is 0. The number of benzene rings is 1. The van der Waals surface area contributed by atoms with Crippen LogP contribution in [0.5, 0.6) is 0 Å². The van der Waals surface area contributed by atoms with E-state index in [0.717, 1.165) is 0 Å².